The van der Waals surface area contributed by atoms with Crippen LogP contribution >= 0.6 is 0 Å². The summed E-state index contributed by atoms with van der Waals surface area (Å²) in [4.78, 5) is 25.2. The first-order chi connectivity index (χ1) is 10.3. The topological polar surface area (TPSA) is 54.4 Å². The Balaban J connectivity index is 1.81. The molecular formula is C19H26O3. The molecule has 0 bridgehead atoms. The van der Waals surface area contributed by atoms with Crippen LogP contribution in [0, 0.1) is 22.7 Å². The Bertz CT molecular complexity index is 591. The molecule has 0 aromatic rings. The van der Waals surface area contributed by atoms with Gasteiger partial charge in [0.05, 0.1) is 16.4 Å². The summed E-state index contributed by atoms with van der Waals surface area (Å²) in [7, 11) is 0. The smallest absolute Gasteiger partial charge is 0.143 e. The number of hydrogen-bond acceptors (Lipinski definition) is 3. The van der Waals surface area contributed by atoms with E-state index in [4.69, 9.17) is 0 Å². The zero-order valence-electron chi connectivity index (χ0n) is 13.7. The van der Waals surface area contributed by atoms with Crippen molar-refractivity contribution >= 4 is 11.6 Å². The van der Waals surface area contributed by atoms with Crippen LogP contribution in [0.15, 0.2) is 11.6 Å². The number of ketones is 2. The fourth-order valence-corrected chi connectivity index (χ4v) is 6.24. The van der Waals surface area contributed by atoms with Gasteiger partial charge in [-0.1, -0.05) is 11.6 Å². The molecule has 4 aliphatic carbocycles. The van der Waals surface area contributed by atoms with Gasteiger partial charge in [-0.2, -0.15) is 0 Å². The molecule has 0 spiro atoms. The van der Waals surface area contributed by atoms with E-state index in [9.17, 15) is 14.7 Å². The highest BCUT2D eigenvalue weighted by Gasteiger charge is 2.67. The summed E-state index contributed by atoms with van der Waals surface area (Å²) in [5.41, 5.74) is -0.575. The van der Waals surface area contributed by atoms with Gasteiger partial charge in [-0.15, -0.1) is 0 Å². The van der Waals surface area contributed by atoms with Crippen LogP contribution in [0.5, 0.6) is 0 Å². The fourth-order valence-electron chi connectivity index (χ4n) is 6.24. The van der Waals surface area contributed by atoms with E-state index in [1.54, 1.807) is 0 Å². The van der Waals surface area contributed by atoms with E-state index in [1.165, 1.54) is 5.57 Å². The van der Waals surface area contributed by atoms with Crippen LogP contribution in [-0.4, -0.2) is 22.3 Å². The largest absolute Gasteiger partial charge is 0.389 e. The number of carbonyl (C=O) groups is 2. The van der Waals surface area contributed by atoms with Crippen LogP contribution < -0.4 is 0 Å². The molecule has 0 aromatic heterocycles. The molecule has 3 heteroatoms. The molecule has 0 heterocycles. The van der Waals surface area contributed by atoms with Gasteiger partial charge >= 0.3 is 0 Å². The third kappa shape index (κ3) is 1.46. The van der Waals surface area contributed by atoms with E-state index in [2.05, 4.69) is 13.0 Å². The lowest BCUT2D eigenvalue weighted by Gasteiger charge is -2.58. The second-order valence-corrected chi connectivity index (χ2v) is 8.38. The van der Waals surface area contributed by atoms with Crippen molar-refractivity contribution in [2.75, 3.05) is 0 Å². The SMILES string of the molecule is C[C@]12C(=O)CCCC1=CC[C@@H]1[C@@H]2CC[C@]2(C)C(=O)CC[C@@]12O. The van der Waals surface area contributed by atoms with Crippen molar-refractivity contribution in [3.05, 3.63) is 11.6 Å². The van der Waals surface area contributed by atoms with Crippen molar-refractivity contribution in [3.8, 4) is 0 Å². The highest BCUT2D eigenvalue weighted by molar-refractivity contribution is 5.91. The first-order valence-electron chi connectivity index (χ1n) is 8.82. The minimum atomic E-state index is -0.907. The van der Waals surface area contributed by atoms with Crippen molar-refractivity contribution < 1.29 is 14.7 Å². The van der Waals surface area contributed by atoms with Crippen molar-refractivity contribution in [2.45, 2.75) is 70.8 Å². The van der Waals surface area contributed by atoms with E-state index in [1.807, 2.05) is 6.92 Å². The maximum absolute atomic E-state index is 12.8. The summed E-state index contributed by atoms with van der Waals surface area (Å²) in [5.74, 6) is 0.859. The van der Waals surface area contributed by atoms with E-state index >= 15 is 0 Å². The van der Waals surface area contributed by atoms with Gasteiger partial charge in [-0.05, 0) is 64.2 Å². The van der Waals surface area contributed by atoms with Gasteiger partial charge < -0.3 is 5.11 Å². The van der Waals surface area contributed by atoms with Gasteiger partial charge in [0.2, 0.25) is 0 Å². The third-order valence-corrected chi connectivity index (χ3v) is 7.81. The predicted molar refractivity (Wildman–Crippen MR) is 83.2 cm³/mol. The van der Waals surface area contributed by atoms with E-state index in [0.29, 0.717) is 25.0 Å². The first kappa shape index (κ1) is 14.6. The Labute approximate surface area is 132 Å². The highest BCUT2D eigenvalue weighted by atomic mass is 16.3. The molecule has 3 fully saturated rings. The molecule has 3 saturated carbocycles. The lowest BCUT2D eigenvalue weighted by molar-refractivity contribution is -0.176. The lowest BCUT2D eigenvalue weighted by atomic mass is 9.46. The Morgan fingerprint density at radius 2 is 1.82 bits per heavy atom. The molecule has 0 amide bonds. The Morgan fingerprint density at radius 3 is 2.59 bits per heavy atom. The molecule has 0 aromatic carbocycles. The minimum absolute atomic E-state index is 0.0634. The van der Waals surface area contributed by atoms with Crippen LogP contribution in [0.1, 0.15) is 65.2 Å². The number of Topliss-reactive ketones (excluding diaryl/α,β-unsaturated/α-hetero) is 2. The zero-order valence-corrected chi connectivity index (χ0v) is 13.7. The molecule has 120 valence electrons. The van der Waals surface area contributed by atoms with E-state index in [-0.39, 0.29) is 23.0 Å². The maximum Gasteiger partial charge on any atom is 0.143 e. The fraction of sp³-hybridized carbons (Fsp3) is 0.789. The summed E-state index contributed by atoms with van der Waals surface area (Å²) in [6.45, 7) is 4.07. The minimum Gasteiger partial charge on any atom is -0.389 e. The molecule has 1 N–H and O–H groups in total. The second-order valence-electron chi connectivity index (χ2n) is 8.38. The van der Waals surface area contributed by atoms with Crippen molar-refractivity contribution in [3.63, 3.8) is 0 Å². The van der Waals surface area contributed by atoms with Gasteiger partial charge in [0.15, 0.2) is 0 Å². The number of fused-ring (bicyclic) bond motifs is 5. The zero-order chi connectivity index (χ0) is 15.8. The van der Waals surface area contributed by atoms with Gasteiger partial charge in [-0.3, -0.25) is 9.59 Å². The standard InChI is InChI=1S/C19H26O3/c1-17-10-8-13-14(19(17,22)11-9-15(17)20)7-6-12-4-3-5-16(21)18(12,13)2/h6,13-14,22H,3-5,7-11H2,1-2H3/t13-,14+,17+,18-,19+/m0/s1. The number of allylic oxidation sites excluding steroid dienone is 2. The molecule has 4 rings (SSSR count). The van der Waals surface area contributed by atoms with Crippen LogP contribution in [0.25, 0.3) is 0 Å². The average Bonchev–Trinajstić information content (AvgIpc) is 2.73. The first-order valence-corrected chi connectivity index (χ1v) is 8.82. The quantitative estimate of drug-likeness (QED) is 0.699. The monoisotopic (exact) mass is 302 g/mol. The summed E-state index contributed by atoms with van der Waals surface area (Å²) in [5, 5.41) is 11.5. The molecule has 3 nitrogen and oxygen atoms in total. The molecule has 5 atom stereocenters. The van der Waals surface area contributed by atoms with Crippen LogP contribution in [-0.2, 0) is 9.59 Å². The Morgan fingerprint density at radius 1 is 1.05 bits per heavy atom. The van der Waals surface area contributed by atoms with Gasteiger partial charge in [0.25, 0.3) is 0 Å². The molecule has 0 unspecified atom stereocenters. The van der Waals surface area contributed by atoms with Gasteiger partial charge in [0.1, 0.15) is 11.6 Å². The van der Waals surface area contributed by atoms with Crippen LogP contribution in [0.4, 0.5) is 0 Å². The number of rotatable bonds is 0. The molecule has 22 heavy (non-hydrogen) atoms. The third-order valence-electron chi connectivity index (χ3n) is 7.81. The van der Waals surface area contributed by atoms with Crippen molar-refractivity contribution in [2.24, 2.45) is 22.7 Å². The summed E-state index contributed by atoms with van der Waals surface area (Å²) >= 11 is 0. The number of carbonyl (C=O) groups excluding carboxylic acids is 2. The molecule has 0 radical (unpaired) electrons. The maximum atomic E-state index is 12.8. The predicted octanol–water partition coefficient (Wildman–Crippen LogP) is 3.20. The van der Waals surface area contributed by atoms with E-state index < -0.39 is 11.0 Å². The van der Waals surface area contributed by atoms with E-state index in [0.717, 1.165) is 32.1 Å². The Kier molecular flexibility index (Phi) is 2.87. The molecular weight excluding hydrogens is 276 g/mol. The van der Waals surface area contributed by atoms with Crippen molar-refractivity contribution in [1.82, 2.24) is 0 Å². The van der Waals surface area contributed by atoms with Gasteiger partial charge in [0, 0.05) is 12.8 Å². The molecule has 0 aliphatic heterocycles. The molecule has 0 saturated heterocycles. The Hall–Kier alpha value is -0.960. The summed E-state index contributed by atoms with van der Waals surface area (Å²) in [6, 6.07) is 0. The van der Waals surface area contributed by atoms with Crippen molar-refractivity contribution in [1.29, 1.82) is 0 Å². The lowest BCUT2D eigenvalue weighted by Crippen LogP contribution is -2.61. The summed E-state index contributed by atoms with van der Waals surface area (Å²) in [6.07, 6.45) is 8.44. The molecule has 4 aliphatic rings. The van der Waals surface area contributed by atoms with Crippen LogP contribution in [0.3, 0.4) is 0 Å². The normalized spacial score (nSPS) is 51.0. The highest BCUT2D eigenvalue weighted by Crippen LogP contribution is 2.64. The number of aliphatic hydroxyl groups is 1. The van der Waals surface area contributed by atoms with Gasteiger partial charge in [-0.25, -0.2) is 0 Å². The second kappa shape index (κ2) is 4.31. The summed E-state index contributed by atoms with van der Waals surface area (Å²) < 4.78 is 0. The van der Waals surface area contributed by atoms with Crippen LogP contribution in [0.2, 0.25) is 0 Å². The number of hydrogen-bond donors (Lipinski definition) is 1. The average molecular weight is 302 g/mol.